The average molecular weight is 469 g/mol. The van der Waals surface area contributed by atoms with E-state index in [0.717, 1.165) is 0 Å². The highest BCUT2D eigenvalue weighted by Crippen LogP contribution is 2.55. The number of rotatable bonds is 1. The number of hydrogen-bond donors (Lipinski definition) is 2. The summed E-state index contributed by atoms with van der Waals surface area (Å²) in [5, 5.41) is 13.5. The first-order chi connectivity index (χ1) is 15.3. The molecule has 6 nitrogen and oxygen atoms in total. The standard InChI is InChI=1S/C23H15Cl2FN4O2/c24-15-6-5-12(9-16(15)25)30-18-2-1-3-19(31)20(18)23(14(10-27)21(30)28)13-8-11(26)4-7-17(13)29-22(23)32/h4-9H,1-3,28H2,(H,29,32). The highest BCUT2D eigenvalue weighted by Gasteiger charge is 2.60. The molecule has 1 spiro atoms. The number of nitrogens with one attached hydrogen (secondary N) is 1. The molecule has 160 valence electrons. The van der Waals surface area contributed by atoms with Crippen LogP contribution < -0.4 is 16.0 Å². The zero-order valence-corrected chi connectivity index (χ0v) is 18.0. The van der Waals surface area contributed by atoms with E-state index >= 15 is 0 Å². The van der Waals surface area contributed by atoms with E-state index in [2.05, 4.69) is 5.32 Å². The number of nitrogens with zero attached hydrogens (tertiary/aromatic N) is 2. The summed E-state index contributed by atoms with van der Waals surface area (Å²) in [7, 11) is 0. The molecule has 2 aromatic carbocycles. The predicted octanol–water partition coefficient (Wildman–Crippen LogP) is 4.54. The summed E-state index contributed by atoms with van der Waals surface area (Å²) in [6, 6.07) is 10.7. The fraction of sp³-hybridized carbons (Fsp3) is 0.174. The molecule has 2 heterocycles. The molecule has 0 saturated heterocycles. The third-order valence-corrected chi connectivity index (χ3v) is 6.89. The van der Waals surface area contributed by atoms with Crippen molar-refractivity contribution in [3.8, 4) is 6.07 Å². The van der Waals surface area contributed by atoms with Crippen LogP contribution in [0.3, 0.4) is 0 Å². The van der Waals surface area contributed by atoms with Gasteiger partial charge in [-0.25, -0.2) is 4.39 Å². The van der Waals surface area contributed by atoms with Crippen LogP contribution in [0.2, 0.25) is 10.0 Å². The maximum absolute atomic E-state index is 14.3. The lowest BCUT2D eigenvalue weighted by Crippen LogP contribution is -2.50. The van der Waals surface area contributed by atoms with Crippen LogP contribution in [0.4, 0.5) is 15.8 Å². The molecule has 5 rings (SSSR count). The van der Waals surface area contributed by atoms with Gasteiger partial charge in [0.15, 0.2) is 5.78 Å². The molecule has 2 aliphatic heterocycles. The molecule has 3 aliphatic rings. The van der Waals surface area contributed by atoms with E-state index in [-0.39, 0.29) is 39.8 Å². The van der Waals surface area contributed by atoms with Gasteiger partial charge in [0, 0.05) is 34.6 Å². The number of benzene rings is 2. The molecule has 3 N–H and O–H groups in total. The number of halogens is 3. The van der Waals surface area contributed by atoms with E-state index in [0.29, 0.717) is 34.9 Å². The van der Waals surface area contributed by atoms with Gasteiger partial charge in [0.05, 0.1) is 15.6 Å². The fourth-order valence-electron chi connectivity index (χ4n) is 4.88. The van der Waals surface area contributed by atoms with Crippen molar-refractivity contribution in [1.82, 2.24) is 0 Å². The summed E-state index contributed by atoms with van der Waals surface area (Å²) < 4.78 is 14.3. The van der Waals surface area contributed by atoms with Crippen LogP contribution in [-0.2, 0) is 15.0 Å². The summed E-state index contributed by atoms with van der Waals surface area (Å²) in [6.45, 7) is 0. The number of fused-ring (bicyclic) bond motifs is 3. The Morgan fingerprint density at radius 1 is 1.12 bits per heavy atom. The normalized spacial score (nSPS) is 22.1. The van der Waals surface area contributed by atoms with Crippen LogP contribution >= 0.6 is 23.2 Å². The van der Waals surface area contributed by atoms with Crippen LogP contribution in [0, 0.1) is 17.1 Å². The summed E-state index contributed by atoms with van der Waals surface area (Å²) in [6.07, 6.45) is 1.17. The average Bonchev–Trinajstić information content (AvgIpc) is 3.03. The van der Waals surface area contributed by atoms with E-state index in [4.69, 9.17) is 28.9 Å². The second kappa shape index (κ2) is 7.09. The maximum atomic E-state index is 14.3. The number of ketones is 1. The minimum atomic E-state index is -1.81. The monoisotopic (exact) mass is 468 g/mol. The van der Waals surface area contributed by atoms with Crippen molar-refractivity contribution in [3.63, 3.8) is 0 Å². The van der Waals surface area contributed by atoms with Crippen molar-refractivity contribution >= 4 is 46.3 Å². The van der Waals surface area contributed by atoms with Crippen molar-refractivity contribution in [2.45, 2.75) is 24.7 Å². The Kier molecular flexibility index (Phi) is 4.55. The van der Waals surface area contributed by atoms with Gasteiger partial charge in [-0.3, -0.25) is 14.5 Å². The number of Topliss-reactive ketones (excluding diaryl/α,β-unsaturated/α-hetero) is 1. The Hall–Kier alpha value is -3.34. The number of nitrogens with two attached hydrogens (primary N) is 1. The van der Waals surface area contributed by atoms with Crippen LogP contribution in [0.25, 0.3) is 0 Å². The van der Waals surface area contributed by atoms with Gasteiger partial charge in [0.25, 0.3) is 0 Å². The topological polar surface area (TPSA) is 99.2 Å². The van der Waals surface area contributed by atoms with Gasteiger partial charge < -0.3 is 11.1 Å². The SMILES string of the molecule is N#CC1=C(N)N(c2ccc(Cl)c(Cl)c2)C2=C(C(=O)CCC2)C12C(=O)Nc1ccc(F)cc12. The summed E-state index contributed by atoms with van der Waals surface area (Å²) >= 11 is 12.3. The van der Waals surface area contributed by atoms with Crippen molar-refractivity contribution in [1.29, 1.82) is 5.26 Å². The number of hydrogen-bond acceptors (Lipinski definition) is 5. The van der Waals surface area contributed by atoms with E-state index < -0.39 is 17.1 Å². The van der Waals surface area contributed by atoms with E-state index in [1.165, 1.54) is 18.2 Å². The highest BCUT2D eigenvalue weighted by atomic mass is 35.5. The molecule has 1 amide bonds. The van der Waals surface area contributed by atoms with Crippen LogP contribution in [-0.4, -0.2) is 11.7 Å². The van der Waals surface area contributed by atoms with Crippen molar-refractivity contribution < 1.29 is 14.0 Å². The second-order valence-electron chi connectivity index (χ2n) is 7.80. The summed E-state index contributed by atoms with van der Waals surface area (Å²) in [5.74, 6) is -1.50. The fourth-order valence-corrected chi connectivity index (χ4v) is 5.17. The Labute approximate surface area is 192 Å². The number of amides is 1. The number of anilines is 2. The molecule has 0 aromatic heterocycles. The van der Waals surface area contributed by atoms with Gasteiger partial charge in [-0.15, -0.1) is 0 Å². The maximum Gasteiger partial charge on any atom is 0.245 e. The molecule has 0 radical (unpaired) electrons. The number of nitriles is 1. The Morgan fingerprint density at radius 2 is 1.91 bits per heavy atom. The largest absolute Gasteiger partial charge is 0.384 e. The molecule has 2 aromatic rings. The minimum Gasteiger partial charge on any atom is -0.384 e. The second-order valence-corrected chi connectivity index (χ2v) is 8.61. The number of allylic oxidation sites excluding steroid dienone is 1. The zero-order chi connectivity index (χ0) is 22.8. The lowest BCUT2D eigenvalue weighted by Gasteiger charge is -2.43. The Bertz CT molecular complexity index is 1340. The molecule has 9 heteroatoms. The van der Waals surface area contributed by atoms with E-state index in [1.807, 2.05) is 6.07 Å². The van der Waals surface area contributed by atoms with Gasteiger partial charge in [0.1, 0.15) is 23.1 Å². The van der Waals surface area contributed by atoms with Gasteiger partial charge in [-0.2, -0.15) is 5.26 Å². The molecule has 0 fully saturated rings. The van der Waals surface area contributed by atoms with E-state index in [1.54, 1.807) is 23.1 Å². The number of carbonyl (C=O) groups excluding carboxylic acids is 2. The highest BCUT2D eigenvalue weighted by molar-refractivity contribution is 6.42. The van der Waals surface area contributed by atoms with Gasteiger partial charge >= 0.3 is 0 Å². The Morgan fingerprint density at radius 3 is 2.62 bits per heavy atom. The first-order valence-electron chi connectivity index (χ1n) is 9.84. The molecule has 0 bridgehead atoms. The minimum absolute atomic E-state index is 0.0217. The van der Waals surface area contributed by atoms with Gasteiger partial charge in [-0.1, -0.05) is 23.2 Å². The molecule has 1 unspecified atom stereocenters. The summed E-state index contributed by atoms with van der Waals surface area (Å²) in [4.78, 5) is 28.3. The smallest absolute Gasteiger partial charge is 0.245 e. The molecule has 0 saturated carbocycles. The summed E-state index contributed by atoms with van der Waals surface area (Å²) in [5.41, 5.74) is 6.23. The lowest BCUT2D eigenvalue weighted by atomic mass is 9.64. The molecule has 1 atom stereocenters. The first-order valence-corrected chi connectivity index (χ1v) is 10.6. The molecular weight excluding hydrogens is 454 g/mol. The lowest BCUT2D eigenvalue weighted by molar-refractivity contribution is -0.122. The van der Waals surface area contributed by atoms with Crippen molar-refractivity contribution in [2.75, 3.05) is 10.2 Å². The van der Waals surface area contributed by atoms with Crippen molar-refractivity contribution in [3.05, 3.63) is 80.5 Å². The third kappa shape index (κ3) is 2.57. The third-order valence-electron chi connectivity index (χ3n) is 6.15. The van der Waals surface area contributed by atoms with Gasteiger partial charge in [-0.05, 0) is 49.2 Å². The van der Waals surface area contributed by atoms with Crippen LogP contribution in [0.15, 0.2) is 59.1 Å². The number of carbonyl (C=O) groups is 2. The van der Waals surface area contributed by atoms with Crippen molar-refractivity contribution in [2.24, 2.45) is 5.73 Å². The van der Waals surface area contributed by atoms with Crippen LogP contribution in [0.5, 0.6) is 0 Å². The molecule has 1 aliphatic carbocycles. The molecule has 32 heavy (non-hydrogen) atoms. The van der Waals surface area contributed by atoms with E-state index in [9.17, 15) is 19.2 Å². The quantitative estimate of drug-likeness (QED) is 0.639. The first kappa shape index (κ1) is 20.6. The molecular formula is C23H15Cl2FN4O2. The van der Waals surface area contributed by atoms with Crippen LogP contribution in [0.1, 0.15) is 24.8 Å². The van der Waals surface area contributed by atoms with Gasteiger partial charge in [0.2, 0.25) is 5.91 Å². The predicted molar refractivity (Wildman–Crippen MR) is 118 cm³/mol. The zero-order valence-electron chi connectivity index (χ0n) is 16.5. The Balaban J connectivity index is 1.88.